The van der Waals surface area contributed by atoms with E-state index in [9.17, 15) is 9.59 Å². The molecule has 8 heteroatoms. The van der Waals surface area contributed by atoms with Gasteiger partial charge in [-0.1, -0.05) is 23.7 Å². The third-order valence-electron chi connectivity index (χ3n) is 5.00. The second-order valence-electron chi connectivity index (χ2n) is 6.78. The van der Waals surface area contributed by atoms with Gasteiger partial charge in [-0.25, -0.2) is 9.67 Å². The number of rotatable bonds is 6. The average Bonchev–Trinajstić information content (AvgIpc) is 3.17. The van der Waals surface area contributed by atoms with Crippen molar-refractivity contribution in [2.75, 3.05) is 19.7 Å². The van der Waals surface area contributed by atoms with Crippen molar-refractivity contribution in [3.05, 3.63) is 47.5 Å². The molecular formula is C19H23ClN4O3. The number of piperidine rings is 1. The van der Waals surface area contributed by atoms with Gasteiger partial charge in [-0.2, -0.15) is 5.10 Å². The molecule has 144 valence electrons. The number of hydrogen-bond donors (Lipinski definition) is 0. The smallest absolute Gasteiger partial charge is 0.312 e. The molecule has 3 rings (SSSR count). The standard InChI is InChI=1S/C19H23ClN4O3/c1-2-27-18(26)19(11-15-3-5-16(20)6-4-15)7-9-23(10-8-19)17(25)12-24-14-21-13-22-24/h3-6,13-14H,2,7-12H2,1H3. The molecule has 2 aromatic rings. The Balaban J connectivity index is 1.69. The monoisotopic (exact) mass is 390 g/mol. The zero-order valence-corrected chi connectivity index (χ0v) is 16.1. The summed E-state index contributed by atoms with van der Waals surface area (Å²) in [6, 6.07) is 7.52. The number of amides is 1. The van der Waals surface area contributed by atoms with E-state index in [2.05, 4.69) is 10.1 Å². The minimum atomic E-state index is -0.617. The molecule has 1 aromatic heterocycles. The van der Waals surface area contributed by atoms with Gasteiger partial charge in [0.25, 0.3) is 0 Å². The maximum Gasteiger partial charge on any atom is 0.312 e. The lowest BCUT2D eigenvalue weighted by atomic mass is 9.73. The lowest BCUT2D eigenvalue weighted by Crippen LogP contribution is -2.49. The molecule has 0 N–H and O–H groups in total. The molecule has 0 unspecified atom stereocenters. The third-order valence-corrected chi connectivity index (χ3v) is 5.25. The largest absolute Gasteiger partial charge is 0.466 e. The van der Waals surface area contributed by atoms with Gasteiger partial charge in [-0.05, 0) is 43.9 Å². The van der Waals surface area contributed by atoms with Gasteiger partial charge in [0.1, 0.15) is 19.2 Å². The highest BCUT2D eigenvalue weighted by atomic mass is 35.5. The van der Waals surface area contributed by atoms with Crippen molar-refractivity contribution in [1.29, 1.82) is 0 Å². The first-order valence-corrected chi connectivity index (χ1v) is 9.42. The number of hydrogen-bond acceptors (Lipinski definition) is 5. The molecule has 1 amide bonds. The van der Waals surface area contributed by atoms with E-state index in [1.165, 1.54) is 17.3 Å². The van der Waals surface area contributed by atoms with Crippen molar-refractivity contribution in [2.24, 2.45) is 5.41 Å². The zero-order chi connectivity index (χ0) is 19.3. The number of likely N-dealkylation sites (tertiary alicyclic amines) is 1. The molecule has 2 heterocycles. The van der Waals surface area contributed by atoms with Crippen LogP contribution in [0.4, 0.5) is 0 Å². The lowest BCUT2D eigenvalue weighted by molar-refractivity contribution is -0.160. The first-order valence-electron chi connectivity index (χ1n) is 9.04. The van der Waals surface area contributed by atoms with Crippen molar-refractivity contribution in [2.45, 2.75) is 32.7 Å². The molecule has 0 spiro atoms. The summed E-state index contributed by atoms with van der Waals surface area (Å²) >= 11 is 5.97. The van der Waals surface area contributed by atoms with Crippen LogP contribution in [0, 0.1) is 5.41 Å². The predicted octanol–water partition coefficient (Wildman–Crippen LogP) is 2.35. The van der Waals surface area contributed by atoms with Gasteiger partial charge >= 0.3 is 5.97 Å². The molecule has 1 fully saturated rings. The van der Waals surface area contributed by atoms with Gasteiger partial charge in [0.05, 0.1) is 12.0 Å². The SMILES string of the molecule is CCOC(=O)C1(Cc2ccc(Cl)cc2)CCN(C(=O)Cn2cncn2)CC1. The minimum absolute atomic E-state index is 0.0237. The van der Waals surface area contributed by atoms with E-state index < -0.39 is 5.41 Å². The van der Waals surface area contributed by atoms with Crippen LogP contribution in [-0.2, 0) is 27.3 Å². The first-order chi connectivity index (χ1) is 13.0. The maximum absolute atomic E-state index is 12.8. The molecule has 7 nitrogen and oxygen atoms in total. The summed E-state index contributed by atoms with van der Waals surface area (Å²) in [5.74, 6) is -0.215. The Morgan fingerprint density at radius 3 is 2.52 bits per heavy atom. The molecule has 0 atom stereocenters. The maximum atomic E-state index is 12.8. The highest BCUT2D eigenvalue weighted by Crippen LogP contribution is 2.37. The van der Waals surface area contributed by atoms with Gasteiger partial charge in [-0.3, -0.25) is 9.59 Å². The average molecular weight is 391 g/mol. The fourth-order valence-corrected chi connectivity index (χ4v) is 3.59. The number of nitrogens with zero attached hydrogens (tertiary/aromatic N) is 4. The minimum Gasteiger partial charge on any atom is -0.466 e. The second-order valence-corrected chi connectivity index (χ2v) is 7.21. The van der Waals surface area contributed by atoms with E-state index in [0.717, 1.165) is 5.56 Å². The second kappa shape index (κ2) is 8.52. The number of aromatic nitrogens is 3. The van der Waals surface area contributed by atoms with Crippen LogP contribution in [0.5, 0.6) is 0 Å². The summed E-state index contributed by atoms with van der Waals surface area (Å²) in [6.07, 6.45) is 4.63. The van der Waals surface area contributed by atoms with E-state index in [1.54, 1.807) is 4.90 Å². The van der Waals surface area contributed by atoms with Crippen molar-refractivity contribution in [3.63, 3.8) is 0 Å². The Kier molecular flexibility index (Phi) is 6.11. The van der Waals surface area contributed by atoms with Gasteiger partial charge in [0.15, 0.2) is 0 Å². The van der Waals surface area contributed by atoms with Crippen LogP contribution in [-0.4, -0.2) is 51.2 Å². The Bertz CT molecular complexity index is 769. The van der Waals surface area contributed by atoms with Crippen LogP contribution in [0.15, 0.2) is 36.9 Å². The lowest BCUT2D eigenvalue weighted by Gasteiger charge is -2.40. The normalized spacial score (nSPS) is 16.1. The highest BCUT2D eigenvalue weighted by molar-refractivity contribution is 6.30. The van der Waals surface area contributed by atoms with Crippen LogP contribution >= 0.6 is 11.6 Å². The molecular weight excluding hydrogens is 368 g/mol. The topological polar surface area (TPSA) is 77.3 Å². The molecule has 27 heavy (non-hydrogen) atoms. The summed E-state index contributed by atoms with van der Waals surface area (Å²) in [5, 5.41) is 4.63. The fraction of sp³-hybridized carbons (Fsp3) is 0.474. The Morgan fingerprint density at radius 1 is 1.22 bits per heavy atom. The number of halogens is 1. The van der Waals surface area contributed by atoms with Gasteiger partial charge < -0.3 is 9.64 Å². The summed E-state index contributed by atoms with van der Waals surface area (Å²) in [6.45, 7) is 3.34. The molecule has 0 bridgehead atoms. The van der Waals surface area contributed by atoms with Crippen LogP contribution < -0.4 is 0 Å². The summed E-state index contributed by atoms with van der Waals surface area (Å²) in [7, 11) is 0. The van der Waals surface area contributed by atoms with Gasteiger partial charge in [0.2, 0.25) is 5.91 Å². The number of carbonyl (C=O) groups excluding carboxylic acids is 2. The van der Waals surface area contributed by atoms with Crippen molar-refractivity contribution in [3.8, 4) is 0 Å². The van der Waals surface area contributed by atoms with Crippen molar-refractivity contribution in [1.82, 2.24) is 19.7 Å². The van der Waals surface area contributed by atoms with Crippen LogP contribution in [0.3, 0.4) is 0 Å². The molecule has 0 aliphatic carbocycles. The summed E-state index contributed by atoms with van der Waals surface area (Å²) in [4.78, 5) is 30.9. The quantitative estimate of drug-likeness (QED) is 0.707. The highest BCUT2D eigenvalue weighted by Gasteiger charge is 2.43. The predicted molar refractivity (Wildman–Crippen MR) is 100 cm³/mol. The molecule has 1 aromatic carbocycles. The summed E-state index contributed by atoms with van der Waals surface area (Å²) < 4.78 is 6.87. The van der Waals surface area contributed by atoms with Crippen LogP contribution in [0.1, 0.15) is 25.3 Å². The number of esters is 1. The number of benzene rings is 1. The zero-order valence-electron chi connectivity index (χ0n) is 15.3. The van der Waals surface area contributed by atoms with Crippen LogP contribution in [0.25, 0.3) is 0 Å². The van der Waals surface area contributed by atoms with E-state index in [1.807, 2.05) is 31.2 Å². The number of ether oxygens (including phenoxy) is 1. The Labute approximate surface area is 163 Å². The van der Waals surface area contributed by atoms with E-state index in [4.69, 9.17) is 16.3 Å². The Morgan fingerprint density at radius 2 is 1.93 bits per heavy atom. The van der Waals surface area contributed by atoms with E-state index in [0.29, 0.717) is 44.0 Å². The molecule has 0 radical (unpaired) electrons. The van der Waals surface area contributed by atoms with E-state index >= 15 is 0 Å². The third kappa shape index (κ3) is 4.66. The molecule has 1 aliphatic rings. The fourth-order valence-electron chi connectivity index (χ4n) is 3.47. The van der Waals surface area contributed by atoms with E-state index in [-0.39, 0.29) is 18.4 Å². The molecule has 1 saturated heterocycles. The van der Waals surface area contributed by atoms with Crippen molar-refractivity contribution >= 4 is 23.5 Å². The summed E-state index contributed by atoms with van der Waals surface area (Å²) in [5.41, 5.74) is 0.420. The molecule has 0 saturated carbocycles. The first kappa shape index (κ1) is 19.4. The van der Waals surface area contributed by atoms with Crippen molar-refractivity contribution < 1.29 is 14.3 Å². The van der Waals surface area contributed by atoms with Crippen LogP contribution in [0.2, 0.25) is 5.02 Å². The van der Waals surface area contributed by atoms with Gasteiger partial charge in [-0.15, -0.1) is 0 Å². The van der Waals surface area contributed by atoms with Gasteiger partial charge in [0, 0.05) is 18.1 Å². The Hall–Kier alpha value is -2.41. The molecule has 1 aliphatic heterocycles. The number of carbonyl (C=O) groups is 2.